The summed E-state index contributed by atoms with van der Waals surface area (Å²) in [6, 6.07) is 12.8. The van der Waals surface area contributed by atoms with Crippen molar-refractivity contribution in [3.63, 3.8) is 0 Å². The highest BCUT2D eigenvalue weighted by atomic mass is 16.5. The number of anilines is 1. The van der Waals surface area contributed by atoms with E-state index in [9.17, 15) is 4.79 Å². The summed E-state index contributed by atoms with van der Waals surface area (Å²) in [5.74, 6) is 1.71. The molecule has 0 spiro atoms. The Bertz CT molecular complexity index is 670. The molecule has 1 N–H and O–H groups in total. The highest BCUT2D eigenvalue weighted by Crippen LogP contribution is 2.26. The van der Waals surface area contributed by atoms with E-state index >= 15 is 0 Å². The van der Waals surface area contributed by atoms with E-state index in [1.165, 1.54) is 0 Å². The predicted octanol–water partition coefficient (Wildman–Crippen LogP) is 3.28. The van der Waals surface area contributed by atoms with E-state index in [1.807, 2.05) is 31.2 Å². The lowest BCUT2D eigenvalue weighted by Crippen LogP contribution is -2.20. The van der Waals surface area contributed by atoms with Gasteiger partial charge in [0.05, 0.1) is 14.2 Å². The number of carbonyl (C=O) groups excluding carboxylic acids is 1. The number of aryl methyl sites for hydroxylation is 1. The molecule has 0 aliphatic carbocycles. The van der Waals surface area contributed by atoms with Gasteiger partial charge in [-0.15, -0.1) is 0 Å². The van der Waals surface area contributed by atoms with Crippen LogP contribution in [0.2, 0.25) is 0 Å². The summed E-state index contributed by atoms with van der Waals surface area (Å²) < 4.78 is 16.0. The third kappa shape index (κ3) is 4.39. The topological polar surface area (TPSA) is 56.8 Å². The van der Waals surface area contributed by atoms with Crippen LogP contribution in [0.1, 0.15) is 12.5 Å². The maximum absolute atomic E-state index is 12.0. The van der Waals surface area contributed by atoms with Crippen molar-refractivity contribution in [3.8, 4) is 17.2 Å². The Kier molecular flexibility index (Phi) is 5.86. The number of rotatable bonds is 7. The van der Waals surface area contributed by atoms with E-state index in [0.717, 1.165) is 23.4 Å². The molecule has 2 aromatic carbocycles. The van der Waals surface area contributed by atoms with E-state index in [0.29, 0.717) is 11.5 Å². The molecular formula is C18H21NO4. The third-order valence-corrected chi connectivity index (χ3v) is 3.37. The fraction of sp³-hybridized carbons (Fsp3) is 0.278. The second kappa shape index (κ2) is 8.08. The van der Waals surface area contributed by atoms with E-state index in [4.69, 9.17) is 14.2 Å². The van der Waals surface area contributed by atoms with Crippen LogP contribution < -0.4 is 19.5 Å². The number of para-hydroxylation sites is 2. The summed E-state index contributed by atoms with van der Waals surface area (Å²) in [4.78, 5) is 12.0. The Morgan fingerprint density at radius 1 is 1.00 bits per heavy atom. The van der Waals surface area contributed by atoms with Gasteiger partial charge in [-0.05, 0) is 42.3 Å². The molecule has 0 heterocycles. The Morgan fingerprint density at radius 2 is 1.70 bits per heavy atom. The number of amides is 1. The molecule has 0 fully saturated rings. The molecule has 2 aromatic rings. The van der Waals surface area contributed by atoms with Gasteiger partial charge in [0.2, 0.25) is 0 Å². The number of methoxy groups -OCH3 is 2. The number of nitrogens with one attached hydrogen (secondary N) is 1. The van der Waals surface area contributed by atoms with Crippen LogP contribution >= 0.6 is 0 Å². The van der Waals surface area contributed by atoms with E-state index in [1.54, 1.807) is 32.4 Å². The van der Waals surface area contributed by atoms with Gasteiger partial charge in [-0.1, -0.05) is 19.1 Å². The summed E-state index contributed by atoms with van der Waals surface area (Å²) >= 11 is 0. The number of carbonyl (C=O) groups is 1. The highest BCUT2D eigenvalue weighted by Gasteiger charge is 2.09. The van der Waals surface area contributed by atoms with Gasteiger partial charge in [0.15, 0.2) is 18.1 Å². The number of ether oxygens (including phenoxy) is 3. The first kappa shape index (κ1) is 16.7. The minimum absolute atomic E-state index is 0.0894. The van der Waals surface area contributed by atoms with Crippen LogP contribution in [0.15, 0.2) is 42.5 Å². The molecule has 0 atom stereocenters. The summed E-state index contributed by atoms with van der Waals surface area (Å²) in [7, 11) is 3.19. The van der Waals surface area contributed by atoms with Crippen LogP contribution in [0, 0.1) is 0 Å². The van der Waals surface area contributed by atoms with Crippen LogP contribution in [-0.2, 0) is 11.2 Å². The van der Waals surface area contributed by atoms with Crippen molar-refractivity contribution < 1.29 is 19.0 Å². The largest absolute Gasteiger partial charge is 0.496 e. The maximum atomic E-state index is 12.0. The molecule has 0 aliphatic heterocycles. The number of hydrogen-bond acceptors (Lipinski definition) is 4. The molecule has 0 bridgehead atoms. The van der Waals surface area contributed by atoms with Gasteiger partial charge >= 0.3 is 0 Å². The molecule has 0 saturated carbocycles. The molecular weight excluding hydrogens is 294 g/mol. The van der Waals surface area contributed by atoms with Crippen molar-refractivity contribution >= 4 is 11.6 Å². The van der Waals surface area contributed by atoms with Gasteiger partial charge in [-0.3, -0.25) is 4.79 Å². The maximum Gasteiger partial charge on any atom is 0.262 e. The average Bonchev–Trinajstić information content (AvgIpc) is 2.60. The molecule has 0 radical (unpaired) electrons. The van der Waals surface area contributed by atoms with Gasteiger partial charge in [0, 0.05) is 5.69 Å². The lowest BCUT2D eigenvalue weighted by atomic mass is 10.1. The van der Waals surface area contributed by atoms with Gasteiger partial charge in [0.1, 0.15) is 5.75 Å². The zero-order chi connectivity index (χ0) is 16.7. The van der Waals surface area contributed by atoms with E-state index in [2.05, 4.69) is 5.32 Å². The highest BCUT2D eigenvalue weighted by molar-refractivity contribution is 5.92. The second-order valence-electron chi connectivity index (χ2n) is 4.87. The smallest absolute Gasteiger partial charge is 0.262 e. The van der Waals surface area contributed by atoms with E-state index < -0.39 is 0 Å². The van der Waals surface area contributed by atoms with Crippen molar-refractivity contribution in [1.82, 2.24) is 0 Å². The quantitative estimate of drug-likeness (QED) is 0.852. The molecule has 23 heavy (non-hydrogen) atoms. The summed E-state index contributed by atoms with van der Waals surface area (Å²) in [6.07, 6.45) is 0.824. The number of benzene rings is 2. The van der Waals surface area contributed by atoms with Crippen molar-refractivity contribution in [2.75, 3.05) is 26.1 Å². The van der Waals surface area contributed by atoms with Crippen molar-refractivity contribution in [2.45, 2.75) is 13.3 Å². The molecule has 0 aromatic heterocycles. The van der Waals surface area contributed by atoms with Crippen LogP contribution in [0.4, 0.5) is 5.69 Å². The number of hydrogen-bond donors (Lipinski definition) is 1. The SMILES string of the molecule is CCc1cc(NC(=O)COc2ccccc2OC)ccc1OC. The monoisotopic (exact) mass is 315 g/mol. The first-order chi connectivity index (χ1) is 11.2. The Morgan fingerprint density at radius 3 is 2.35 bits per heavy atom. The average molecular weight is 315 g/mol. The Labute approximate surface area is 136 Å². The lowest BCUT2D eigenvalue weighted by molar-refractivity contribution is -0.118. The first-order valence-electron chi connectivity index (χ1n) is 7.40. The zero-order valence-electron chi connectivity index (χ0n) is 13.6. The van der Waals surface area contributed by atoms with Crippen LogP contribution in [0.25, 0.3) is 0 Å². The van der Waals surface area contributed by atoms with Crippen molar-refractivity contribution in [1.29, 1.82) is 0 Å². The van der Waals surface area contributed by atoms with Crippen LogP contribution in [0.5, 0.6) is 17.2 Å². The van der Waals surface area contributed by atoms with Crippen LogP contribution in [-0.4, -0.2) is 26.7 Å². The van der Waals surface area contributed by atoms with Crippen LogP contribution in [0.3, 0.4) is 0 Å². The standard InChI is InChI=1S/C18H21NO4/c1-4-13-11-14(9-10-15(13)21-2)19-18(20)12-23-17-8-6-5-7-16(17)22-3/h5-11H,4,12H2,1-3H3,(H,19,20). The molecule has 1 amide bonds. The molecule has 2 rings (SSSR count). The Balaban J connectivity index is 1.97. The molecule has 122 valence electrons. The molecule has 0 saturated heterocycles. The lowest BCUT2D eigenvalue weighted by Gasteiger charge is -2.12. The fourth-order valence-corrected chi connectivity index (χ4v) is 2.21. The second-order valence-corrected chi connectivity index (χ2v) is 4.87. The molecule has 5 nitrogen and oxygen atoms in total. The first-order valence-corrected chi connectivity index (χ1v) is 7.40. The molecule has 5 heteroatoms. The predicted molar refractivity (Wildman–Crippen MR) is 89.5 cm³/mol. The van der Waals surface area contributed by atoms with E-state index in [-0.39, 0.29) is 12.5 Å². The van der Waals surface area contributed by atoms with Crippen molar-refractivity contribution in [3.05, 3.63) is 48.0 Å². The summed E-state index contributed by atoms with van der Waals surface area (Å²) in [5, 5.41) is 2.82. The van der Waals surface area contributed by atoms with Gasteiger partial charge in [-0.2, -0.15) is 0 Å². The van der Waals surface area contributed by atoms with Crippen molar-refractivity contribution in [2.24, 2.45) is 0 Å². The summed E-state index contributed by atoms with van der Waals surface area (Å²) in [5.41, 5.74) is 1.76. The molecule has 0 unspecified atom stereocenters. The Hall–Kier alpha value is -2.69. The van der Waals surface area contributed by atoms with Gasteiger partial charge in [-0.25, -0.2) is 0 Å². The minimum Gasteiger partial charge on any atom is -0.496 e. The van der Waals surface area contributed by atoms with Gasteiger partial charge < -0.3 is 19.5 Å². The minimum atomic E-state index is -0.233. The third-order valence-electron chi connectivity index (χ3n) is 3.37. The molecule has 0 aliphatic rings. The normalized spacial score (nSPS) is 10.0. The zero-order valence-corrected chi connectivity index (χ0v) is 13.6. The van der Waals surface area contributed by atoms with Gasteiger partial charge in [0.25, 0.3) is 5.91 Å². The fourth-order valence-electron chi connectivity index (χ4n) is 2.21. The summed E-state index contributed by atoms with van der Waals surface area (Å²) in [6.45, 7) is 1.95.